The topological polar surface area (TPSA) is 160 Å². The Bertz CT molecular complexity index is 514. The molecule has 0 amide bonds. The Morgan fingerprint density at radius 1 is 0.828 bits per heavy atom. The monoisotopic (exact) mass is 416 g/mol. The lowest BCUT2D eigenvalue weighted by molar-refractivity contribution is -0.0551. The molecule has 0 spiro atoms. The standard InChI is InChI=1S/C20H36N2O7/c21-8-2-1-3-15-4-6-16(7-5-15)29-10-9-22(11-17(25)19(27)13-23)12-18(26)20(28)14-24/h4-7,17-20,23-28H,1-3,8-14,21H2/t17-,18-,19+,20+/m0/s1. The van der Waals surface area contributed by atoms with Crippen LogP contribution < -0.4 is 10.5 Å². The van der Waals surface area contributed by atoms with Gasteiger partial charge in [-0.3, -0.25) is 4.90 Å². The maximum Gasteiger partial charge on any atom is 0.119 e. The van der Waals surface area contributed by atoms with E-state index in [0.29, 0.717) is 18.8 Å². The maximum atomic E-state index is 9.94. The van der Waals surface area contributed by atoms with Gasteiger partial charge in [0.15, 0.2) is 0 Å². The summed E-state index contributed by atoms with van der Waals surface area (Å²) in [6, 6.07) is 7.73. The van der Waals surface area contributed by atoms with Gasteiger partial charge in [0, 0.05) is 19.6 Å². The number of aliphatic hydroxyl groups is 6. The third-order valence-corrected chi connectivity index (χ3v) is 4.67. The molecule has 8 N–H and O–H groups in total. The van der Waals surface area contributed by atoms with Crippen LogP contribution in [0.4, 0.5) is 0 Å². The van der Waals surface area contributed by atoms with E-state index < -0.39 is 37.6 Å². The van der Waals surface area contributed by atoms with E-state index in [2.05, 4.69) is 0 Å². The first-order valence-corrected chi connectivity index (χ1v) is 9.99. The van der Waals surface area contributed by atoms with Crippen LogP contribution in [0.5, 0.6) is 5.75 Å². The van der Waals surface area contributed by atoms with Gasteiger partial charge in [0.2, 0.25) is 0 Å². The van der Waals surface area contributed by atoms with Gasteiger partial charge in [0.25, 0.3) is 0 Å². The molecular weight excluding hydrogens is 380 g/mol. The van der Waals surface area contributed by atoms with Crippen molar-refractivity contribution in [1.29, 1.82) is 0 Å². The molecule has 0 fully saturated rings. The van der Waals surface area contributed by atoms with Crippen molar-refractivity contribution in [2.24, 2.45) is 5.73 Å². The first kappa shape index (κ1) is 25.7. The molecule has 1 aromatic rings. The van der Waals surface area contributed by atoms with E-state index in [1.807, 2.05) is 24.3 Å². The van der Waals surface area contributed by atoms with E-state index in [0.717, 1.165) is 19.3 Å². The first-order chi connectivity index (χ1) is 13.9. The highest BCUT2D eigenvalue weighted by Gasteiger charge is 2.23. The van der Waals surface area contributed by atoms with E-state index in [1.165, 1.54) is 5.56 Å². The zero-order valence-electron chi connectivity index (χ0n) is 16.8. The molecule has 0 heterocycles. The van der Waals surface area contributed by atoms with Crippen LogP contribution in [-0.2, 0) is 6.42 Å². The molecule has 0 aliphatic rings. The second kappa shape index (κ2) is 14.6. The molecule has 9 heteroatoms. The van der Waals surface area contributed by atoms with Gasteiger partial charge < -0.3 is 41.1 Å². The highest BCUT2D eigenvalue weighted by Crippen LogP contribution is 2.14. The average molecular weight is 417 g/mol. The number of rotatable bonds is 16. The van der Waals surface area contributed by atoms with Gasteiger partial charge in [0.05, 0.1) is 25.4 Å². The third kappa shape index (κ3) is 10.3. The zero-order chi connectivity index (χ0) is 21.6. The molecule has 0 aliphatic carbocycles. The number of unbranched alkanes of at least 4 members (excludes halogenated alkanes) is 1. The molecule has 1 rings (SSSR count). The van der Waals surface area contributed by atoms with Gasteiger partial charge >= 0.3 is 0 Å². The summed E-state index contributed by atoms with van der Waals surface area (Å²) in [7, 11) is 0. The largest absolute Gasteiger partial charge is 0.492 e. The maximum absolute atomic E-state index is 9.94. The molecule has 4 atom stereocenters. The molecule has 0 unspecified atom stereocenters. The summed E-state index contributed by atoms with van der Waals surface area (Å²) in [5.41, 5.74) is 6.70. The highest BCUT2D eigenvalue weighted by molar-refractivity contribution is 5.27. The molecule has 1 aromatic carbocycles. The van der Waals surface area contributed by atoms with Crippen LogP contribution in [0, 0.1) is 0 Å². The van der Waals surface area contributed by atoms with Crippen molar-refractivity contribution < 1.29 is 35.4 Å². The van der Waals surface area contributed by atoms with E-state index in [1.54, 1.807) is 4.90 Å². The van der Waals surface area contributed by atoms with Crippen molar-refractivity contribution in [3.63, 3.8) is 0 Å². The fraction of sp³-hybridized carbons (Fsp3) is 0.700. The van der Waals surface area contributed by atoms with Crippen LogP contribution >= 0.6 is 0 Å². The van der Waals surface area contributed by atoms with Gasteiger partial charge in [-0.25, -0.2) is 0 Å². The highest BCUT2D eigenvalue weighted by atomic mass is 16.5. The minimum absolute atomic E-state index is 0.0413. The number of benzene rings is 1. The van der Waals surface area contributed by atoms with Crippen LogP contribution in [0.1, 0.15) is 18.4 Å². The third-order valence-electron chi connectivity index (χ3n) is 4.67. The lowest BCUT2D eigenvalue weighted by atomic mass is 10.1. The Hall–Kier alpha value is -1.30. The van der Waals surface area contributed by atoms with Crippen LogP contribution in [0.3, 0.4) is 0 Å². The quantitative estimate of drug-likeness (QED) is 0.152. The summed E-state index contributed by atoms with van der Waals surface area (Å²) >= 11 is 0. The Labute approximate surface area is 172 Å². The van der Waals surface area contributed by atoms with Crippen LogP contribution in [0.25, 0.3) is 0 Å². The number of aryl methyl sites for hydroxylation is 1. The number of nitrogens with two attached hydrogens (primary N) is 1. The predicted octanol–water partition coefficient (Wildman–Crippen LogP) is -1.92. The Morgan fingerprint density at radius 2 is 1.38 bits per heavy atom. The second-order valence-corrected chi connectivity index (χ2v) is 7.13. The molecule has 0 radical (unpaired) electrons. The van der Waals surface area contributed by atoms with E-state index in [9.17, 15) is 20.4 Å². The summed E-state index contributed by atoms with van der Waals surface area (Å²) in [5.74, 6) is 0.680. The Morgan fingerprint density at radius 3 is 1.86 bits per heavy atom. The normalized spacial score (nSPS) is 15.9. The number of nitrogens with zero attached hydrogens (tertiary/aromatic N) is 1. The molecule has 9 nitrogen and oxygen atoms in total. The lowest BCUT2D eigenvalue weighted by Gasteiger charge is -2.29. The average Bonchev–Trinajstić information content (AvgIpc) is 2.73. The van der Waals surface area contributed by atoms with Crippen molar-refractivity contribution in [3.8, 4) is 5.75 Å². The number of hydrogen-bond acceptors (Lipinski definition) is 9. The lowest BCUT2D eigenvalue weighted by Crippen LogP contribution is -2.47. The SMILES string of the molecule is NCCCCc1ccc(OCCN(C[C@H](O)[C@H](O)CO)C[C@H](O)[C@H](O)CO)cc1. The predicted molar refractivity (Wildman–Crippen MR) is 109 cm³/mol. The smallest absolute Gasteiger partial charge is 0.119 e. The Kier molecular flexibility index (Phi) is 13.0. The van der Waals surface area contributed by atoms with Gasteiger partial charge in [-0.05, 0) is 43.5 Å². The van der Waals surface area contributed by atoms with Crippen molar-refractivity contribution in [1.82, 2.24) is 4.90 Å². The molecular formula is C20H36N2O7. The molecule has 168 valence electrons. The summed E-state index contributed by atoms with van der Waals surface area (Å²) in [5, 5.41) is 56.9. The van der Waals surface area contributed by atoms with Crippen molar-refractivity contribution in [3.05, 3.63) is 29.8 Å². The number of ether oxygens (including phenoxy) is 1. The minimum atomic E-state index is -1.31. The molecule has 0 aliphatic heterocycles. The second-order valence-electron chi connectivity index (χ2n) is 7.13. The van der Waals surface area contributed by atoms with E-state index in [-0.39, 0.29) is 19.7 Å². The molecule has 0 saturated heterocycles. The summed E-state index contributed by atoms with van der Waals surface area (Å²) < 4.78 is 5.71. The van der Waals surface area contributed by atoms with Gasteiger partial charge in [-0.1, -0.05) is 12.1 Å². The molecule has 0 bridgehead atoms. The molecule has 29 heavy (non-hydrogen) atoms. The van der Waals surface area contributed by atoms with E-state index in [4.69, 9.17) is 20.7 Å². The van der Waals surface area contributed by atoms with Crippen LogP contribution in [-0.4, -0.2) is 106 Å². The fourth-order valence-corrected chi connectivity index (χ4v) is 2.79. The summed E-state index contributed by atoms with van der Waals surface area (Å²) in [4.78, 5) is 1.59. The van der Waals surface area contributed by atoms with Crippen molar-refractivity contribution in [2.45, 2.75) is 43.7 Å². The van der Waals surface area contributed by atoms with Gasteiger partial charge in [-0.15, -0.1) is 0 Å². The van der Waals surface area contributed by atoms with Gasteiger partial charge in [-0.2, -0.15) is 0 Å². The summed E-state index contributed by atoms with van der Waals surface area (Å²) in [6.07, 6.45) is -2.11. The number of hydrogen-bond donors (Lipinski definition) is 7. The van der Waals surface area contributed by atoms with Crippen LogP contribution in [0.2, 0.25) is 0 Å². The number of aliphatic hydroxyl groups excluding tert-OH is 6. The minimum Gasteiger partial charge on any atom is -0.492 e. The fourth-order valence-electron chi connectivity index (χ4n) is 2.79. The van der Waals surface area contributed by atoms with Gasteiger partial charge in [0.1, 0.15) is 24.6 Å². The zero-order valence-corrected chi connectivity index (χ0v) is 16.8. The molecule has 0 aromatic heterocycles. The van der Waals surface area contributed by atoms with Crippen molar-refractivity contribution in [2.75, 3.05) is 46.0 Å². The van der Waals surface area contributed by atoms with Crippen molar-refractivity contribution >= 4 is 0 Å². The van der Waals surface area contributed by atoms with Crippen LogP contribution in [0.15, 0.2) is 24.3 Å². The Balaban J connectivity index is 2.55. The first-order valence-electron chi connectivity index (χ1n) is 9.99. The molecule has 0 saturated carbocycles. The summed E-state index contributed by atoms with van der Waals surface area (Å²) in [6.45, 7) is -0.0402. The van der Waals surface area contributed by atoms with E-state index >= 15 is 0 Å².